The van der Waals surface area contributed by atoms with E-state index >= 15 is 0 Å². The van der Waals surface area contributed by atoms with Gasteiger partial charge in [0.1, 0.15) is 5.82 Å². The highest BCUT2D eigenvalue weighted by Gasteiger charge is 2.56. The molecule has 4 atom stereocenters. The Bertz CT molecular complexity index is 1400. The highest BCUT2D eigenvalue weighted by Crippen LogP contribution is 2.51. The van der Waals surface area contributed by atoms with Crippen LogP contribution in [-0.4, -0.2) is 39.1 Å². The van der Waals surface area contributed by atoms with Crippen LogP contribution in [0.25, 0.3) is 0 Å². The fourth-order valence-electron chi connectivity index (χ4n) is 7.06. The molecule has 1 fully saturated rings. The van der Waals surface area contributed by atoms with Crippen LogP contribution in [0.4, 0.5) is 22.0 Å². The molecule has 1 aromatic heterocycles. The summed E-state index contributed by atoms with van der Waals surface area (Å²) in [5.41, 5.74) is -0.873. The number of imidazole rings is 1. The SMILES string of the molecule is CC(F)(c1ccc2c(c1)CC[C@H]1N(C(=O)C3CCc4cncn4C3)CC[C@@]21Cc1ccc(F)cc1)C(F)(F)F. The second-order valence-electron chi connectivity index (χ2n) is 11.4. The van der Waals surface area contributed by atoms with Crippen molar-refractivity contribution in [2.24, 2.45) is 5.92 Å². The Balaban J connectivity index is 1.37. The number of amides is 1. The number of hydrogen-bond acceptors (Lipinski definition) is 2. The maximum absolute atomic E-state index is 14.9. The maximum atomic E-state index is 14.9. The van der Waals surface area contributed by atoms with Crippen molar-refractivity contribution < 1.29 is 26.7 Å². The first kappa shape index (κ1) is 26.0. The van der Waals surface area contributed by atoms with Crippen molar-refractivity contribution >= 4 is 5.91 Å². The number of aromatic nitrogens is 2. The second kappa shape index (κ2) is 9.17. The van der Waals surface area contributed by atoms with Gasteiger partial charge in [0.25, 0.3) is 0 Å². The topological polar surface area (TPSA) is 38.1 Å². The minimum absolute atomic E-state index is 0.0915. The molecule has 1 aliphatic carbocycles. The zero-order chi connectivity index (χ0) is 27.6. The summed E-state index contributed by atoms with van der Waals surface area (Å²) in [6.07, 6.45) is 2.24. The molecular weight excluding hydrogens is 513 g/mol. The molecule has 0 spiro atoms. The van der Waals surface area contributed by atoms with Gasteiger partial charge >= 0.3 is 6.18 Å². The van der Waals surface area contributed by atoms with Crippen LogP contribution in [0.15, 0.2) is 55.0 Å². The average Bonchev–Trinajstić information content (AvgIpc) is 3.53. The Hall–Kier alpha value is -3.23. The molecule has 3 heterocycles. The van der Waals surface area contributed by atoms with E-state index in [0.29, 0.717) is 51.3 Å². The Morgan fingerprint density at radius 3 is 2.59 bits per heavy atom. The normalized spacial score (nSPS) is 25.9. The fraction of sp³-hybridized carbons (Fsp3) is 0.467. The molecule has 3 aliphatic rings. The third-order valence-electron chi connectivity index (χ3n) is 9.25. The van der Waals surface area contributed by atoms with Gasteiger partial charge in [-0.1, -0.05) is 30.3 Å². The molecule has 1 saturated heterocycles. The van der Waals surface area contributed by atoms with Gasteiger partial charge in [0, 0.05) is 36.4 Å². The van der Waals surface area contributed by atoms with Gasteiger partial charge in [-0.05, 0) is 79.8 Å². The zero-order valence-corrected chi connectivity index (χ0v) is 21.6. The molecule has 1 amide bonds. The Morgan fingerprint density at radius 2 is 1.85 bits per heavy atom. The van der Waals surface area contributed by atoms with Crippen LogP contribution in [0, 0.1) is 11.7 Å². The molecule has 4 nitrogen and oxygen atoms in total. The van der Waals surface area contributed by atoms with Crippen LogP contribution in [0.5, 0.6) is 0 Å². The number of rotatable bonds is 4. The number of benzene rings is 2. The second-order valence-corrected chi connectivity index (χ2v) is 11.4. The molecule has 39 heavy (non-hydrogen) atoms. The monoisotopic (exact) mass is 543 g/mol. The number of nitrogens with zero attached hydrogens (tertiary/aromatic N) is 3. The van der Waals surface area contributed by atoms with Crippen molar-refractivity contribution in [3.8, 4) is 0 Å². The van der Waals surface area contributed by atoms with Gasteiger partial charge in [0.05, 0.1) is 12.2 Å². The Labute approximate surface area is 223 Å². The average molecular weight is 544 g/mol. The van der Waals surface area contributed by atoms with Gasteiger partial charge in [-0.3, -0.25) is 4.79 Å². The van der Waals surface area contributed by atoms with Crippen LogP contribution < -0.4 is 0 Å². The quantitative estimate of drug-likeness (QED) is 0.376. The first-order valence-electron chi connectivity index (χ1n) is 13.4. The lowest BCUT2D eigenvalue weighted by Gasteiger charge is -2.44. The van der Waals surface area contributed by atoms with E-state index in [1.165, 1.54) is 24.3 Å². The third-order valence-corrected chi connectivity index (χ3v) is 9.25. The van der Waals surface area contributed by atoms with E-state index in [0.717, 1.165) is 29.7 Å². The van der Waals surface area contributed by atoms with Crippen molar-refractivity contribution in [3.05, 3.63) is 88.8 Å². The van der Waals surface area contributed by atoms with Crippen LogP contribution in [0.1, 0.15) is 54.1 Å². The van der Waals surface area contributed by atoms with Gasteiger partial charge in [-0.2, -0.15) is 13.2 Å². The van der Waals surface area contributed by atoms with Crippen molar-refractivity contribution in [3.63, 3.8) is 0 Å². The standard InChI is InChI=1S/C30H30F5N3O/c1-28(32,30(33,34)35)22-6-10-25-20(14-22)5-11-26-29(25,15-19-2-7-23(31)8-3-19)12-13-38(26)27(39)21-4-9-24-16-36-18-37(24)17-21/h2-3,6-8,10,14,16,18,21,26H,4-5,9,11-13,15,17H2,1H3/t21?,26-,28?,29-/m1/s1. The number of likely N-dealkylation sites (tertiary alicyclic amines) is 1. The van der Waals surface area contributed by atoms with Gasteiger partial charge in [-0.25, -0.2) is 13.8 Å². The van der Waals surface area contributed by atoms with E-state index in [1.54, 1.807) is 24.5 Å². The van der Waals surface area contributed by atoms with Crippen LogP contribution in [-0.2, 0) is 41.7 Å². The molecule has 206 valence electrons. The molecule has 2 aromatic carbocycles. The van der Waals surface area contributed by atoms with Crippen molar-refractivity contribution in [1.82, 2.24) is 14.5 Å². The lowest BCUT2D eigenvalue weighted by molar-refractivity contribution is -0.228. The minimum Gasteiger partial charge on any atom is -0.338 e. The molecular formula is C30H30F5N3O. The summed E-state index contributed by atoms with van der Waals surface area (Å²) in [6.45, 7) is 1.66. The molecule has 0 N–H and O–H groups in total. The van der Waals surface area contributed by atoms with Crippen molar-refractivity contribution in [2.75, 3.05) is 6.54 Å². The van der Waals surface area contributed by atoms with Gasteiger partial charge in [0.2, 0.25) is 11.6 Å². The largest absolute Gasteiger partial charge is 0.426 e. The zero-order valence-electron chi connectivity index (χ0n) is 21.6. The summed E-state index contributed by atoms with van der Waals surface area (Å²) >= 11 is 0. The van der Waals surface area contributed by atoms with Gasteiger partial charge in [-0.15, -0.1) is 0 Å². The number of fused-ring (bicyclic) bond motifs is 4. The summed E-state index contributed by atoms with van der Waals surface area (Å²) in [7, 11) is 0. The first-order chi connectivity index (χ1) is 18.5. The summed E-state index contributed by atoms with van der Waals surface area (Å²) in [6, 6.07) is 10.3. The highest BCUT2D eigenvalue weighted by molar-refractivity contribution is 5.80. The number of aryl methyl sites for hydroxylation is 2. The summed E-state index contributed by atoms with van der Waals surface area (Å²) in [4.78, 5) is 20.1. The molecule has 3 aromatic rings. The molecule has 0 radical (unpaired) electrons. The number of alkyl halides is 4. The van der Waals surface area contributed by atoms with E-state index in [-0.39, 0.29) is 23.7 Å². The van der Waals surface area contributed by atoms with Crippen LogP contribution in [0.2, 0.25) is 0 Å². The van der Waals surface area contributed by atoms with E-state index in [2.05, 4.69) is 4.98 Å². The summed E-state index contributed by atoms with van der Waals surface area (Å²) in [5.74, 6) is -0.430. The highest BCUT2D eigenvalue weighted by atomic mass is 19.4. The van der Waals surface area contributed by atoms with Crippen molar-refractivity contribution in [1.29, 1.82) is 0 Å². The van der Waals surface area contributed by atoms with Crippen LogP contribution in [0.3, 0.4) is 0 Å². The van der Waals surface area contributed by atoms with E-state index < -0.39 is 22.8 Å². The van der Waals surface area contributed by atoms with Gasteiger partial charge < -0.3 is 9.47 Å². The lowest BCUT2D eigenvalue weighted by Crippen LogP contribution is -2.51. The smallest absolute Gasteiger partial charge is 0.338 e. The Morgan fingerprint density at radius 1 is 1.08 bits per heavy atom. The van der Waals surface area contributed by atoms with E-state index in [1.807, 2.05) is 15.7 Å². The van der Waals surface area contributed by atoms with E-state index in [4.69, 9.17) is 0 Å². The van der Waals surface area contributed by atoms with Crippen molar-refractivity contribution in [2.45, 2.75) is 75.3 Å². The maximum Gasteiger partial charge on any atom is 0.426 e. The predicted octanol–water partition coefficient (Wildman–Crippen LogP) is 6.06. The summed E-state index contributed by atoms with van der Waals surface area (Å²) < 4.78 is 71.1. The lowest BCUT2D eigenvalue weighted by atomic mass is 9.63. The van der Waals surface area contributed by atoms with Gasteiger partial charge in [0.15, 0.2) is 0 Å². The molecule has 2 unspecified atom stereocenters. The number of halogens is 5. The van der Waals surface area contributed by atoms with E-state index in [9.17, 15) is 26.7 Å². The number of carbonyl (C=O) groups is 1. The van der Waals surface area contributed by atoms with Crippen LogP contribution >= 0.6 is 0 Å². The number of carbonyl (C=O) groups excluding carboxylic acids is 1. The molecule has 0 bridgehead atoms. The molecule has 2 aliphatic heterocycles. The number of hydrogen-bond donors (Lipinski definition) is 0. The third kappa shape index (κ3) is 4.25. The first-order valence-corrected chi connectivity index (χ1v) is 13.4. The fourth-order valence-corrected chi connectivity index (χ4v) is 7.06. The molecule has 9 heteroatoms. The minimum atomic E-state index is -5.03. The molecule has 0 saturated carbocycles. The molecule has 6 rings (SSSR count). The predicted molar refractivity (Wildman–Crippen MR) is 135 cm³/mol. The Kier molecular flexibility index (Phi) is 6.11. The summed E-state index contributed by atoms with van der Waals surface area (Å²) in [5, 5.41) is 0.